The van der Waals surface area contributed by atoms with E-state index in [0.29, 0.717) is 25.1 Å². The fourth-order valence-electron chi connectivity index (χ4n) is 2.21. The minimum absolute atomic E-state index is 0.0735. The fraction of sp³-hybridized carbons (Fsp3) is 0.500. The summed E-state index contributed by atoms with van der Waals surface area (Å²) in [5.41, 5.74) is 2.79. The molecule has 0 amide bonds. The van der Waals surface area contributed by atoms with Crippen molar-refractivity contribution in [3.63, 3.8) is 0 Å². The van der Waals surface area contributed by atoms with Gasteiger partial charge in [-0.3, -0.25) is 5.84 Å². The minimum Gasteiger partial charge on any atom is -0.378 e. The zero-order valence-electron chi connectivity index (χ0n) is 10.8. The molecule has 1 fully saturated rings. The van der Waals surface area contributed by atoms with Crippen molar-refractivity contribution in [1.82, 2.24) is 4.72 Å². The quantitative estimate of drug-likeness (QED) is 0.562. The summed E-state index contributed by atoms with van der Waals surface area (Å²) in [4.78, 5) is 0.164. The predicted octanol–water partition coefficient (Wildman–Crippen LogP) is 0.818. The fourth-order valence-corrected chi connectivity index (χ4v) is 3.66. The van der Waals surface area contributed by atoms with Crippen LogP contribution in [0.2, 0.25) is 0 Å². The summed E-state index contributed by atoms with van der Waals surface area (Å²) >= 11 is 0. The first-order chi connectivity index (χ1) is 9.03. The van der Waals surface area contributed by atoms with Crippen LogP contribution in [0.1, 0.15) is 19.8 Å². The SMILES string of the molecule is CC1CC(NS(=O)(=O)c2ccccc2NN)CCO1. The van der Waals surface area contributed by atoms with Crippen LogP contribution in [0.25, 0.3) is 0 Å². The molecule has 1 heterocycles. The van der Waals surface area contributed by atoms with Crippen LogP contribution in [0.5, 0.6) is 0 Å². The molecule has 2 atom stereocenters. The Hall–Kier alpha value is -1.15. The summed E-state index contributed by atoms with van der Waals surface area (Å²) in [7, 11) is -3.57. The maximum absolute atomic E-state index is 12.3. The Balaban J connectivity index is 2.18. The van der Waals surface area contributed by atoms with Crippen LogP contribution in [0.3, 0.4) is 0 Å². The molecule has 7 heteroatoms. The Kier molecular flexibility index (Phi) is 4.41. The first-order valence-electron chi connectivity index (χ1n) is 6.22. The van der Waals surface area contributed by atoms with Crippen molar-refractivity contribution >= 4 is 15.7 Å². The normalized spacial score (nSPS) is 24.1. The first-order valence-corrected chi connectivity index (χ1v) is 7.71. The van der Waals surface area contributed by atoms with Gasteiger partial charge in [-0.2, -0.15) is 0 Å². The van der Waals surface area contributed by atoms with Gasteiger partial charge in [0.2, 0.25) is 10.0 Å². The van der Waals surface area contributed by atoms with Gasteiger partial charge in [-0.15, -0.1) is 0 Å². The van der Waals surface area contributed by atoms with E-state index in [1.165, 1.54) is 6.07 Å². The zero-order valence-corrected chi connectivity index (χ0v) is 11.6. The van der Waals surface area contributed by atoms with Crippen LogP contribution in [-0.2, 0) is 14.8 Å². The molecule has 4 N–H and O–H groups in total. The van der Waals surface area contributed by atoms with Crippen LogP contribution < -0.4 is 16.0 Å². The van der Waals surface area contributed by atoms with E-state index in [9.17, 15) is 8.42 Å². The Morgan fingerprint density at radius 2 is 2.11 bits per heavy atom. The molecule has 1 aliphatic heterocycles. The van der Waals surface area contributed by atoms with E-state index in [4.69, 9.17) is 10.6 Å². The molecular formula is C12H19N3O3S. The number of sulfonamides is 1. The van der Waals surface area contributed by atoms with Gasteiger partial charge in [0.05, 0.1) is 11.8 Å². The van der Waals surface area contributed by atoms with Gasteiger partial charge in [0, 0.05) is 12.6 Å². The Bertz CT molecular complexity index is 533. The standard InChI is InChI=1S/C12H19N3O3S/c1-9-8-10(6-7-18-9)15-19(16,17)12-5-3-2-4-11(12)14-13/h2-5,9-10,14-15H,6-8,13H2,1H3. The minimum atomic E-state index is -3.57. The van der Waals surface area contributed by atoms with Crippen molar-refractivity contribution in [2.75, 3.05) is 12.0 Å². The topological polar surface area (TPSA) is 93.5 Å². The molecule has 0 radical (unpaired) electrons. The van der Waals surface area contributed by atoms with Gasteiger partial charge in [-0.1, -0.05) is 12.1 Å². The molecule has 0 bridgehead atoms. The van der Waals surface area contributed by atoms with E-state index in [2.05, 4.69) is 10.1 Å². The van der Waals surface area contributed by atoms with Crippen LogP contribution in [0.15, 0.2) is 29.2 Å². The van der Waals surface area contributed by atoms with E-state index < -0.39 is 10.0 Å². The predicted molar refractivity (Wildman–Crippen MR) is 73.0 cm³/mol. The highest BCUT2D eigenvalue weighted by Gasteiger charge is 2.26. The van der Waals surface area contributed by atoms with Crippen molar-refractivity contribution in [2.24, 2.45) is 5.84 Å². The molecule has 2 rings (SSSR count). The van der Waals surface area contributed by atoms with Crippen molar-refractivity contribution in [2.45, 2.75) is 36.8 Å². The molecule has 0 aromatic heterocycles. The number of para-hydroxylation sites is 1. The average molecular weight is 285 g/mol. The molecule has 106 valence electrons. The first kappa shape index (κ1) is 14.3. The Morgan fingerprint density at radius 1 is 1.37 bits per heavy atom. The molecule has 2 unspecified atom stereocenters. The number of hydrogen-bond acceptors (Lipinski definition) is 5. The lowest BCUT2D eigenvalue weighted by Gasteiger charge is -2.27. The third-order valence-corrected chi connectivity index (χ3v) is 4.72. The summed E-state index contributed by atoms with van der Waals surface area (Å²) in [6.07, 6.45) is 1.43. The van der Waals surface area contributed by atoms with Gasteiger partial charge >= 0.3 is 0 Å². The van der Waals surface area contributed by atoms with Crippen LogP contribution >= 0.6 is 0 Å². The Labute approximate surface area is 113 Å². The van der Waals surface area contributed by atoms with Crippen molar-refractivity contribution < 1.29 is 13.2 Å². The highest BCUT2D eigenvalue weighted by molar-refractivity contribution is 7.89. The van der Waals surface area contributed by atoms with Gasteiger partial charge in [0.1, 0.15) is 4.90 Å². The number of nitrogens with one attached hydrogen (secondary N) is 2. The van der Waals surface area contributed by atoms with Gasteiger partial charge < -0.3 is 10.2 Å². The molecule has 1 saturated heterocycles. The lowest BCUT2D eigenvalue weighted by Crippen LogP contribution is -2.41. The van der Waals surface area contributed by atoms with Crippen molar-refractivity contribution in [3.8, 4) is 0 Å². The summed E-state index contributed by atoms with van der Waals surface area (Å²) in [6, 6.07) is 6.45. The summed E-state index contributed by atoms with van der Waals surface area (Å²) in [5, 5.41) is 0. The molecule has 0 spiro atoms. The molecule has 0 aliphatic carbocycles. The largest absolute Gasteiger partial charge is 0.378 e. The van der Waals surface area contributed by atoms with Gasteiger partial charge in [-0.25, -0.2) is 13.1 Å². The van der Waals surface area contributed by atoms with Gasteiger partial charge in [0.15, 0.2) is 0 Å². The summed E-state index contributed by atoms with van der Waals surface area (Å²) in [5.74, 6) is 5.34. The number of nitrogen functional groups attached to an aromatic ring is 1. The number of ether oxygens (including phenoxy) is 1. The maximum Gasteiger partial charge on any atom is 0.242 e. The molecular weight excluding hydrogens is 266 g/mol. The summed E-state index contributed by atoms with van der Waals surface area (Å²) in [6.45, 7) is 2.51. The lowest BCUT2D eigenvalue weighted by molar-refractivity contribution is 0.0173. The zero-order chi connectivity index (χ0) is 13.9. The maximum atomic E-state index is 12.3. The van der Waals surface area contributed by atoms with E-state index in [-0.39, 0.29) is 17.0 Å². The average Bonchev–Trinajstić information content (AvgIpc) is 2.38. The molecule has 1 aliphatic rings. The molecule has 19 heavy (non-hydrogen) atoms. The van der Waals surface area contributed by atoms with Crippen LogP contribution in [0, 0.1) is 0 Å². The number of rotatable bonds is 4. The monoisotopic (exact) mass is 285 g/mol. The second kappa shape index (κ2) is 5.87. The molecule has 1 aromatic carbocycles. The van der Waals surface area contributed by atoms with Crippen LogP contribution in [-0.4, -0.2) is 27.2 Å². The lowest BCUT2D eigenvalue weighted by atomic mass is 10.1. The number of hydrogen-bond donors (Lipinski definition) is 3. The highest BCUT2D eigenvalue weighted by Crippen LogP contribution is 2.22. The number of hydrazine groups is 1. The van der Waals surface area contributed by atoms with E-state index in [0.717, 1.165) is 0 Å². The van der Waals surface area contributed by atoms with Crippen molar-refractivity contribution in [3.05, 3.63) is 24.3 Å². The number of nitrogens with two attached hydrogens (primary N) is 1. The molecule has 0 saturated carbocycles. The number of anilines is 1. The Morgan fingerprint density at radius 3 is 2.79 bits per heavy atom. The smallest absolute Gasteiger partial charge is 0.242 e. The van der Waals surface area contributed by atoms with Crippen LogP contribution in [0.4, 0.5) is 5.69 Å². The van der Waals surface area contributed by atoms with E-state index in [1.54, 1.807) is 18.2 Å². The third kappa shape index (κ3) is 3.44. The van der Waals surface area contributed by atoms with Gasteiger partial charge in [0.25, 0.3) is 0 Å². The van der Waals surface area contributed by atoms with Gasteiger partial charge in [-0.05, 0) is 31.9 Å². The molecule has 1 aromatic rings. The summed E-state index contributed by atoms with van der Waals surface area (Å²) < 4.78 is 32.8. The van der Waals surface area contributed by atoms with E-state index >= 15 is 0 Å². The van der Waals surface area contributed by atoms with Crippen molar-refractivity contribution in [1.29, 1.82) is 0 Å². The second-order valence-corrected chi connectivity index (χ2v) is 6.35. The molecule has 6 nitrogen and oxygen atoms in total. The third-order valence-electron chi connectivity index (χ3n) is 3.14. The van der Waals surface area contributed by atoms with E-state index in [1.807, 2.05) is 6.92 Å². The second-order valence-electron chi connectivity index (χ2n) is 4.66. The highest BCUT2D eigenvalue weighted by atomic mass is 32.2. The number of benzene rings is 1.